The van der Waals surface area contributed by atoms with Gasteiger partial charge < -0.3 is 10.6 Å². The maximum atomic E-state index is 13.5. The van der Waals surface area contributed by atoms with E-state index in [2.05, 4.69) is 20.7 Å². The number of nitrogens with zero attached hydrogens (tertiary/aromatic N) is 3. The molecule has 9 heteroatoms. The lowest BCUT2D eigenvalue weighted by molar-refractivity contribution is -0.120. The standard InChI is InChI=1S/C18H15F2N5O2/c19-13-2-3-14(15(20)9-13)18(27)23-11-17(26)22-10-12-4-6-21-16(8-12)25-7-1-5-24-25/h1-9H,10-11H2,(H,22,26)(H,23,27). The van der Waals surface area contributed by atoms with Crippen molar-refractivity contribution in [1.29, 1.82) is 0 Å². The van der Waals surface area contributed by atoms with Crippen LogP contribution in [-0.2, 0) is 11.3 Å². The number of hydrogen-bond acceptors (Lipinski definition) is 4. The molecule has 3 aromatic rings. The molecule has 1 aromatic carbocycles. The van der Waals surface area contributed by atoms with E-state index in [1.54, 1.807) is 41.5 Å². The van der Waals surface area contributed by atoms with Gasteiger partial charge in [-0.3, -0.25) is 9.59 Å². The van der Waals surface area contributed by atoms with Crippen LogP contribution in [0.25, 0.3) is 5.82 Å². The molecule has 2 amide bonds. The third kappa shape index (κ3) is 4.72. The van der Waals surface area contributed by atoms with Gasteiger partial charge in [0.05, 0.1) is 12.1 Å². The maximum absolute atomic E-state index is 13.5. The van der Waals surface area contributed by atoms with Crippen LogP contribution in [0.15, 0.2) is 55.0 Å². The first kappa shape index (κ1) is 18.2. The van der Waals surface area contributed by atoms with Gasteiger partial charge in [0.25, 0.3) is 5.91 Å². The molecule has 0 aliphatic rings. The Kier molecular flexibility index (Phi) is 5.50. The third-order valence-electron chi connectivity index (χ3n) is 3.62. The summed E-state index contributed by atoms with van der Waals surface area (Å²) in [6.07, 6.45) is 4.97. The van der Waals surface area contributed by atoms with Gasteiger partial charge in [-0.15, -0.1) is 0 Å². The van der Waals surface area contributed by atoms with E-state index in [9.17, 15) is 18.4 Å². The van der Waals surface area contributed by atoms with Crippen LogP contribution in [0, 0.1) is 11.6 Å². The fourth-order valence-corrected chi connectivity index (χ4v) is 2.29. The number of nitrogens with one attached hydrogen (secondary N) is 2. The van der Waals surface area contributed by atoms with Crippen LogP contribution in [0.3, 0.4) is 0 Å². The summed E-state index contributed by atoms with van der Waals surface area (Å²) in [4.78, 5) is 27.9. The van der Waals surface area contributed by atoms with E-state index in [-0.39, 0.29) is 18.7 Å². The predicted octanol–water partition coefficient (Wildman–Crippen LogP) is 1.59. The zero-order chi connectivity index (χ0) is 19.2. The molecule has 2 N–H and O–H groups in total. The van der Waals surface area contributed by atoms with Crippen LogP contribution in [0.1, 0.15) is 15.9 Å². The summed E-state index contributed by atoms with van der Waals surface area (Å²) < 4.78 is 28.0. The van der Waals surface area contributed by atoms with Crippen molar-refractivity contribution in [3.63, 3.8) is 0 Å². The lowest BCUT2D eigenvalue weighted by Gasteiger charge is -2.08. The molecular weight excluding hydrogens is 356 g/mol. The highest BCUT2D eigenvalue weighted by Crippen LogP contribution is 2.09. The molecule has 0 aliphatic heterocycles. The summed E-state index contributed by atoms with van der Waals surface area (Å²) in [5.41, 5.74) is 0.460. The van der Waals surface area contributed by atoms with Crippen molar-refractivity contribution in [1.82, 2.24) is 25.4 Å². The van der Waals surface area contributed by atoms with Crippen molar-refractivity contribution >= 4 is 11.8 Å². The summed E-state index contributed by atoms with van der Waals surface area (Å²) in [6, 6.07) is 7.86. The molecule has 0 fully saturated rings. The fourth-order valence-electron chi connectivity index (χ4n) is 2.29. The van der Waals surface area contributed by atoms with Gasteiger partial charge in [0.1, 0.15) is 11.6 Å². The Labute approximate surface area is 153 Å². The van der Waals surface area contributed by atoms with Gasteiger partial charge in [0.2, 0.25) is 5.91 Å². The first-order valence-corrected chi connectivity index (χ1v) is 7.98. The van der Waals surface area contributed by atoms with E-state index < -0.39 is 23.4 Å². The molecule has 0 saturated heterocycles. The molecule has 0 unspecified atom stereocenters. The van der Waals surface area contributed by atoms with Crippen molar-refractivity contribution in [2.45, 2.75) is 6.54 Å². The fraction of sp³-hybridized carbons (Fsp3) is 0.111. The van der Waals surface area contributed by atoms with E-state index in [1.165, 1.54) is 0 Å². The molecule has 0 aliphatic carbocycles. The van der Waals surface area contributed by atoms with Gasteiger partial charge in [-0.05, 0) is 35.9 Å². The summed E-state index contributed by atoms with van der Waals surface area (Å²) in [6.45, 7) is -0.122. The van der Waals surface area contributed by atoms with Crippen LogP contribution in [0.4, 0.5) is 8.78 Å². The summed E-state index contributed by atoms with van der Waals surface area (Å²) in [5, 5.41) is 9.00. The number of carbonyl (C=O) groups is 2. The largest absolute Gasteiger partial charge is 0.350 e. The molecule has 7 nitrogen and oxygen atoms in total. The minimum absolute atomic E-state index is 0.219. The van der Waals surface area contributed by atoms with Crippen molar-refractivity contribution in [3.05, 3.63) is 77.8 Å². The molecule has 0 atom stereocenters. The highest BCUT2D eigenvalue weighted by molar-refractivity contribution is 5.96. The Morgan fingerprint density at radius 3 is 2.67 bits per heavy atom. The summed E-state index contributed by atoms with van der Waals surface area (Å²) in [7, 11) is 0. The van der Waals surface area contributed by atoms with Crippen molar-refractivity contribution in [2.24, 2.45) is 0 Å². The quantitative estimate of drug-likeness (QED) is 0.689. The molecule has 3 rings (SSSR count). The van der Waals surface area contributed by atoms with Crippen LogP contribution >= 0.6 is 0 Å². The second kappa shape index (κ2) is 8.17. The minimum atomic E-state index is -0.990. The van der Waals surface area contributed by atoms with Gasteiger partial charge in [-0.2, -0.15) is 5.10 Å². The smallest absolute Gasteiger partial charge is 0.254 e. The van der Waals surface area contributed by atoms with Crippen LogP contribution in [-0.4, -0.2) is 33.1 Å². The Morgan fingerprint density at radius 2 is 1.93 bits per heavy atom. The normalized spacial score (nSPS) is 10.4. The second-order valence-corrected chi connectivity index (χ2v) is 5.56. The Morgan fingerprint density at radius 1 is 1.07 bits per heavy atom. The SMILES string of the molecule is O=C(CNC(=O)c1ccc(F)cc1F)NCc1ccnc(-n2cccn2)c1. The molecule has 0 spiro atoms. The van der Waals surface area contributed by atoms with Crippen LogP contribution in [0.5, 0.6) is 0 Å². The number of amides is 2. The zero-order valence-electron chi connectivity index (χ0n) is 14.0. The highest BCUT2D eigenvalue weighted by atomic mass is 19.1. The molecule has 27 heavy (non-hydrogen) atoms. The summed E-state index contributed by atoms with van der Waals surface area (Å²) >= 11 is 0. The first-order chi connectivity index (χ1) is 13.0. The predicted molar refractivity (Wildman–Crippen MR) is 91.9 cm³/mol. The molecule has 0 bridgehead atoms. The molecule has 0 saturated carbocycles. The topological polar surface area (TPSA) is 88.9 Å². The van der Waals surface area contributed by atoms with Gasteiger partial charge in [-0.25, -0.2) is 18.4 Å². The summed E-state index contributed by atoms with van der Waals surface area (Å²) in [5.74, 6) is -2.42. The second-order valence-electron chi connectivity index (χ2n) is 5.56. The van der Waals surface area contributed by atoms with Gasteiger partial charge >= 0.3 is 0 Å². The van der Waals surface area contributed by atoms with E-state index in [0.29, 0.717) is 11.9 Å². The van der Waals surface area contributed by atoms with E-state index >= 15 is 0 Å². The zero-order valence-corrected chi connectivity index (χ0v) is 14.0. The van der Waals surface area contributed by atoms with E-state index in [0.717, 1.165) is 17.7 Å². The molecular formula is C18H15F2N5O2. The van der Waals surface area contributed by atoms with Crippen molar-refractivity contribution in [3.8, 4) is 5.82 Å². The number of aromatic nitrogens is 3. The first-order valence-electron chi connectivity index (χ1n) is 7.98. The molecule has 2 aromatic heterocycles. The van der Waals surface area contributed by atoms with Crippen LogP contribution < -0.4 is 10.6 Å². The number of pyridine rings is 1. The van der Waals surface area contributed by atoms with E-state index in [4.69, 9.17) is 0 Å². The van der Waals surface area contributed by atoms with Gasteiger partial charge in [0, 0.05) is 31.2 Å². The average Bonchev–Trinajstić information content (AvgIpc) is 3.19. The molecule has 2 heterocycles. The van der Waals surface area contributed by atoms with Gasteiger partial charge in [-0.1, -0.05) is 0 Å². The Hall–Kier alpha value is -3.62. The lowest BCUT2D eigenvalue weighted by atomic mass is 10.2. The number of carbonyl (C=O) groups excluding carboxylic acids is 2. The highest BCUT2D eigenvalue weighted by Gasteiger charge is 2.13. The van der Waals surface area contributed by atoms with Crippen molar-refractivity contribution in [2.75, 3.05) is 6.54 Å². The minimum Gasteiger partial charge on any atom is -0.350 e. The van der Waals surface area contributed by atoms with Crippen LogP contribution in [0.2, 0.25) is 0 Å². The monoisotopic (exact) mass is 371 g/mol. The number of halogens is 2. The van der Waals surface area contributed by atoms with Crippen molar-refractivity contribution < 1.29 is 18.4 Å². The van der Waals surface area contributed by atoms with Gasteiger partial charge in [0.15, 0.2) is 5.82 Å². The Balaban J connectivity index is 1.51. The average molecular weight is 371 g/mol. The number of hydrogen-bond donors (Lipinski definition) is 2. The number of rotatable bonds is 6. The third-order valence-corrected chi connectivity index (χ3v) is 3.62. The lowest BCUT2D eigenvalue weighted by Crippen LogP contribution is -2.36. The molecule has 138 valence electrons. The molecule has 0 radical (unpaired) electrons. The maximum Gasteiger partial charge on any atom is 0.254 e. The number of benzene rings is 1. The van der Waals surface area contributed by atoms with E-state index in [1.807, 2.05) is 0 Å². The Bertz CT molecular complexity index is 960.